The standard InChI is InChI=1S/C11H22N2O2/c1-3-9-5-4-6-13(7-9)8-10(12)11(14)15-2/h9-10H,3-8,12H2,1-2H3. The van der Waals surface area contributed by atoms with Gasteiger partial charge in [0, 0.05) is 13.1 Å². The van der Waals surface area contributed by atoms with Gasteiger partial charge in [-0.05, 0) is 25.3 Å². The first-order valence-corrected chi connectivity index (χ1v) is 5.73. The fourth-order valence-electron chi connectivity index (χ4n) is 2.15. The molecule has 2 N–H and O–H groups in total. The van der Waals surface area contributed by atoms with Gasteiger partial charge in [0.15, 0.2) is 0 Å². The second kappa shape index (κ2) is 6.08. The minimum atomic E-state index is -0.495. The Morgan fingerprint density at radius 1 is 1.67 bits per heavy atom. The number of methoxy groups -OCH3 is 1. The first kappa shape index (κ1) is 12.5. The van der Waals surface area contributed by atoms with Crippen LogP contribution in [0.3, 0.4) is 0 Å². The molecule has 0 aromatic rings. The third-order valence-corrected chi connectivity index (χ3v) is 3.14. The molecule has 1 heterocycles. The molecule has 0 spiro atoms. The molecule has 1 fully saturated rings. The molecule has 0 amide bonds. The van der Waals surface area contributed by atoms with Gasteiger partial charge in [0.2, 0.25) is 0 Å². The van der Waals surface area contributed by atoms with E-state index in [4.69, 9.17) is 5.73 Å². The van der Waals surface area contributed by atoms with E-state index in [1.54, 1.807) is 0 Å². The number of esters is 1. The maximum atomic E-state index is 11.2. The average Bonchev–Trinajstić information content (AvgIpc) is 2.28. The third-order valence-electron chi connectivity index (χ3n) is 3.14. The zero-order valence-electron chi connectivity index (χ0n) is 9.74. The van der Waals surface area contributed by atoms with Crippen LogP contribution in [0.25, 0.3) is 0 Å². The summed E-state index contributed by atoms with van der Waals surface area (Å²) >= 11 is 0. The van der Waals surface area contributed by atoms with Crippen LogP contribution in [0.2, 0.25) is 0 Å². The quantitative estimate of drug-likeness (QED) is 0.697. The van der Waals surface area contributed by atoms with Crippen LogP contribution in [0.5, 0.6) is 0 Å². The number of rotatable bonds is 4. The molecule has 1 rings (SSSR count). The number of hydrogen-bond donors (Lipinski definition) is 1. The van der Waals surface area contributed by atoms with Gasteiger partial charge in [-0.15, -0.1) is 0 Å². The van der Waals surface area contributed by atoms with Gasteiger partial charge in [-0.3, -0.25) is 4.79 Å². The van der Waals surface area contributed by atoms with E-state index >= 15 is 0 Å². The first-order valence-electron chi connectivity index (χ1n) is 5.73. The number of nitrogens with two attached hydrogens (primary N) is 1. The largest absolute Gasteiger partial charge is 0.468 e. The summed E-state index contributed by atoms with van der Waals surface area (Å²) in [7, 11) is 1.38. The molecule has 2 unspecified atom stereocenters. The van der Waals surface area contributed by atoms with E-state index in [0.717, 1.165) is 19.0 Å². The lowest BCUT2D eigenvalue weighted by molar-refractivity contribution is -0.142. The van der Waals surface area contributed by atoms with Gasteiger partial charge in [0.05, 0.1) is 7.11 Å². The molecule has 88 valence electrons. The SMILES string of the molecule is CCC1CCCN(CC(N)C(=O)OC)C1. The van der Waals surface area contributed by atoms with E-state index in [9.17, 15) is 4.79 Å². The Morgan fingerprint density at radius 2 is 2.40 bits per heavy atom. The topological polar surface area (TPSA) is 55.6 Å². The highest BCUT2D eigenvalue weighted by molar-refractivity contribution is 5.75. The van der Waals surface area contributed by atoms with E-state index in [1.165, 1.54) is 26.4 Å². The number of carbonyl (C=O) groups excluding carboxylic acids is 1. The summed E-state index contributed by atoms with van der Waals surface area (Å²) in [5.74, 6) is 0.456. The Bertz CT molecular complexity index is 209. The molecule has 0 bridgehead atoms. The maximum Gasteiger partial charge on any atom is 0.323 e. The van der Waals surface area contributed by atoms with Gasteiger partial charge in [-0.2, -0.15) is 0 Å². The second-order valence-electron chi connectivity index (χ2n) is 4.31. The molecule has 0 saturated carbocycles. The molecule has 4 heteroatoms. The summed E-state index contributed by atoms with van der Waals surface area (Å²) in [4.78, 5) is 13.4. The molecule has 0 radical (unpaired) electrons. The molecule has 2 atom stereocenters. The van der Waals surface area contributed by atoms with Crippen molar-refractivity contribution in [1.29, 1.82) is 0 Å². The van der Waals surface area contributed by atoms with Crippen molar-refractivity contribution >= 4 is 5.97 Å². The summed E-state index contributed by atoms with van der Waals surface area (Å²) in [6.45, 7) is 4.97. The number of piperidine rings is 1. The van der Waals surface area contributed by atoms with E-state index in [-0.39, 0.29) is 5.97 Å². The summed E-state index contributed by atoms with van der Waals surface area (Å²) in [5, 5.41) is 0. The summed E-state index contributed by atoms with van der Waals surface area (Å²) in [6, 6.07) is -0.495. The minimum Gasteiger partial charge on any atom is -0.468 e. The van der Waals surface area contributed by atoms with Gasteiger partial charge in [0.1, 0.15) is 6.04 Å². The number of ether oxygens (including phenoxy) is 1. The zero-order chi connectivity index (χ0) is 11.3. The molecule has 0 aliphatic carbocycles. The van der Waals surface area contributed by atoms with E-state index in [1.807, 2.05) is 0 Å². The fourth-order valence-corrected chi connectivity index (χ4v) is 2.15. The van der Waals surface area contributed by atoms with Crippen molar-refractivity contribution in [1.82, 2.24) is 4.90 Å². The van der Waals surface area contributed by atoms with Gasteiger partial charge in [0.25, 0.3) is 0 Å². The van der Waals surface area contributed by atoms with Crippen LogP contribution in [-0.2, 0) is 9.53 Å². The van der Waals surface area contributed by atoms with Crippen LogP contribution < -0.4 is 5.73 Å². The highest BCUT2D eigenvalue weighted by Crippen LogP contribution is 2.18. The van der Waals surface area contributed by atoms with Crippen LogP contribution in [0.15, 0.2) is 0 Å². The number of likely N-dealkylation sites (tertiary alicyclic amines) is 1. The highest BCUT2D eigenvalue weighted by atomic mass is 16.5. The van der Waals surface area contributed by atoms with Gasteiger partial charge in [-0.1, -0.05) is 13.3 Å². The van der Waals surface area contributed by atoms with Gasteiger partial charge < -0.3 is 15.4 Å². The monoisotopic (exact) mass is 214 g/mol. The third kappa shape index (κ3) is 3.80. The van der Waals surface area contributed by atoms with Crippen LogP contribution in [0, 0.1) is 5.92 Å². The molecular formula is C11H22N2O2. The smallest absolute Gasteiger partial charge is 0.323 e. The molecule has 4 nitrogen and oxygen atoms in total. The van der Waals surface area contributed by atoms with Crippen LogP contribution in [0.1, 0.15) is 26.2 Å². The molecular weight excluding hydrogens is 192 g/mol. The fraction of sp³-hybridized carbons (Fsp3) is 0.909. The maximum absolute atomic E-state index is 11.2. The van der Waals surface area contributed by atoms with E-state index < -0.39 is 6.04 Å². The molecule has 0 aromatic carbocycles. The zero-order valence-corrected chi connectivity index (χ0v) is 9.74. The Labute approximate surface area is 91.8 Å². The Morgan fingerprint density at radius 3 is 3.00 bits per heavy atom. The lowest BCUT2D eigenvalue weighted by Crippen LogP contribution is -2.46. The summed E-state index contributed by atoms with van der Waals surface area (Å²) < 4.78 is 4.62. The van der Waals surface area contributed by atoms with Crippen molar-refractivity contribution < 1.29 is 9.53 Å². The Hall–Kier alpha value is -0.610. The normalized spacial score (nSPS) is 24.9. The van der Waals surface area contributed by atoms with Crippen LogP contribution in [0.4, 0.5) is 0 Å². The summed E-state index contributed by atoms with van der Waals surface area (Å²) in [5.41, 5.74) is 5.73. The van der Waals surface area contributed by atoms with E-state index in [2.05, 4.69) is 16.6 Å². The minimum absolute atomic E-state index is 0.311. The summed E-state index contributed by atoms with van der Waals surface area (Å²) in [6.07, 6.45) is 3.73. The molecule has 1 saturated heterocycles. The number of carbonyl (C=O) groups is 1. The van der Waals surface area contributed by atoms with Crippen molar-refractivity contribution in [2.24, 2.45) is 11.7 Å². The Balaban J connectivity index is 2.34. The predicted octanol–water partition coefficient (Wildman–Crippen LogP) is 0.609. The Kier molecular flexibility index (Phi) is 5.05. The van der Waals surface area contributed by atoms with Gasteiger partial charge in [-0.25, -0.2) is 0 Å². The molecule has 1 aliphatic rings. The lowest BCUT2D eigenvalue weighted by atomic mass is 9.95. The second-order valence-corrected chi connectivity index (χ2v) is 4.31. The number of hydrogen-bond acceptors (Lipinski definition) is 4. The molecule has 15 heavy (non-hydrogen) atoms. The van der Waals surface area contributed by atoms with Crippen LogP contribution >= 0.6 is 0 Å². The van der Waals surface area contributed by atoms with Crippen molar-refractivity contribution in [2.45, 2.75) is 32.2 Å². The van der Waals surface area contributed by atoms with Crippen molar-refractivity contribution in [3.8, 4) is 0 Å². The number of nitrogens with zero attached hydrogens (tertiary/aromatic N) is 1. The average molecular weight is 214 g/mol. The van der Waals surface area contributed by atoms with Gasteiger partial charge >= 0.3 is 5.97 Å². The molecule has 1 aliphatic heterocycles. The lowest BCUT2D eigenvalue weighted by Gasteiger charge is -2.33. The van der Waals surface area contributed by atoms with Crippen molar-refractivity contribution in [2.75, 3.05) is 26.7 Å². The van der Waals surface area contributed by atoms with Crippen LogP contribution in [-0.4, -0.2) is 43.7 Å². The molecule has 0 aromatic heterocycles. The first-order chi connectivity index (χ1) is 7.17. The highest BCUT2D eigenvalue weighted by Gasteiger charge is 2.23. The van der Waals surface area contributed by atoms with E-state index in [0.29, 0.717) is 6.54 Å². The predicted molar refractivity (Wildman–Crippen MR) is 59.4 cm³/mol. The van der Waals surface area contributed by atoms with Crippen molar-refractivity contribution in [3.05, 3.63) is 0 Å². The van der Waals surface area contributed by atoms with Crippen molar-refractivity contribution in [3.63, 3.8) is 0 Å².